The van der Waals surface area contributed by atoms with Crippen molar-refractivity contribution in [3.8, 4) is 0 Å². The lowest BCUT2D eigenvalue weighted by molar-refractivity contribution is 0.0473. The Bertz CT molecular complexity index is 1940. The first-order valence-corrected chi connectivity index (χ1v) is 18.8. The summed E-state index contributed by atoms with van der Waals surface area (Å²) in [4.78, 5) is 68.1. The molecule has 0 spiro atoms. The molecular formula is C41H48N8O4. The molecule has 0 radical (unpaired) electrons. The number of carbonyl (C=O) groups is 4. The molecule has 12 heteroatoms. The van der Waals surface area contributed by atoms with E-state index in [1.54, 1.807) is 26.0 Å². The van der Waals surface area contributed by atoms with Crippen LogP contribution < -0.4 is 20.4 Å². The molecule has 4 amide bonds. The number of imide groups is 2. The van der Waals surface area contributed by atoms with Crippen LogP contribution in [-0.4, -0.2) is 128 Å². The van der Waals surface area contributed by atoms with Gasteiger partial charge >= 0.3 is 0 Å². The quantitative estimate of drug-likeness (QED) is 0.195. The molecule has 12 nitrogen and oxygen atoms in total. The minimum absolute atomic E-state index is 0.353. The van der Waals surface area contributed by atoms with Crippen molar-refractivity contribution in [2.45, 2.75) is 45.7 Å². The number of piperazine rings is 2. The number of anilines is 2. The predicted octanol–water partition coefficient (Wildman–Crippen LogP) is 4.00. The molecule has 4 aromatic carbocycles. The van der Waals surface area contributed by atoms with E-state index in [1.807, 2.05) is 55.5 Å². The minimum atomic E-state index is -0.685. The third kappa shape index (κ3) is 5.94. The molecule has 0 saturated carbocycles. The molecule has 53 heavy (non-hydrogen) atoms. The molecule has 2 saturated heterocycles. The number of hydrogen-bond donors (Lipinski definition) is 2. The van der Waals surface area contributed by atoms with Crippen LogP contribution in [0.3, 0.4) is 0 Å². The molecule has 0 bridgehead atoms. The van der Waals surface area contributed by atoms with Crippen LogP contribution in [0.2, 0.25) is 0 Å². The third-order valence-electron chi connectivity index (χ3n) is 11.6. The summed E-state index contributed by atoms with van der Waals surface area (Å²) in [5.74, 6) is -1.41. The Morgan fingerprint density at radius 1 is 0.528 bits per heavy atom. The van der Waals surface area contributed by atoms with Crippen LogP contribution in [0.4, 0.5) is 11.4 Å². The third-order valence-corrected chi connectivity index (χ3v) is 11.6. The maximum atomic E-state index is 14.1. The molecule has 8 rings (SSSR count). The van der Waals surface area contributed by atoms with Crippen molar-refractivity contribution in [2.75, 3.05) is 76.3 Å². The Morgan fingerprint density at radius 3 is 1.25 bits per heavy atom. The number of likely N-dealkylation sites (N-methyl/N-ethyl adjacent to an activating group) is 2. The van der Waals surface area contributed by atoms with E-state index in [4.69, 9.17) is 0 Å². The second-order valence-electron chi connectivity index (χ2n) is 14.9. The van der Waals surface area contributed by atoms with Gasteiger partial charge in [-0.15, -0.1) is 0 Å². The zero-order valence-electron chi connectivity index (χ0n) is 31.2. The van der Waals surface area contributed by atoms with E-state index in [-0.39, 0.29) is 23.6 Å². The standard InChI is InChI=1S/C41H48N8O4/c1-6-35(42-25(2)48-38(50)29-11-7-9-27-33(46-21-17-44(4)18-22-46)15-13-31(36(27)29)40(48)52)43-26(3)49-39(51)30-12-8-10-28-34(47-23-19-45(5)20-24-47)16-14-32(37(28)30)41(49)53/h7-16,25-26,35,42-43H,6,17-24H2,1-5H3. The lowest BCUT2D eigenvalue weighted by Gasteiger charge is -2.39. The summed E-state index contributed by atoms with van der Waals surface area (Å²) in [6.45, 7) is 12.9. The van der Waals surface area contributed by atoms with E-state index in [0.717, 1.165) is 74.5 Å². The second-order valence-corrected chi connectivity index (χ2v) is 14.9. The van der Waals surface area contributed by atoms with Crippen LogP contribution >= 0.6 is 0 Å². The topological polar surface area (TPSA) is 112 Å². The van der Waals surface area contributed by atoms with Gasteiger partial charge in [-0.2, -0.15) is 0 Å². The summed E-state index contributed by atoms with van der Waals surface area (Å²) in [6.07, 6.45) is -1.25. The lowest BCUT2D eigenvalue weighted by Crippen LogP contribution is -2.61. The summed E-state index contributed by atoms with van der Waals surface area (Å²) in [6, 6.07) is 19.1. The fraction of sp³-hybridized carbons (Fsp3) is 0.415. The first-order chi connectivity index (χ1) is 25.6. The molecule has 4 heterocycles. The van der Waals surface area contributed by atoms with E-state index in [1.165, 1.54) is 9.80 Å². The van der Waals surface area contributed by atoms with Crippen molar-refractivity contribution in [2.24, 2.45) is 0 Å². The van der Waals surface area contributed by atoms with E-state index < -0.39 is 18.5 Å². The number of amides is 4. The predicted molar refractivity (Wildman–Crippen MR) is 208 cm³/mol. The Morgan fingerprint density at radius 2 is 0.887 bits per heavy atom. The number of benzene rings is 4. The Kier molecular flexibility index (Phi) is 9.18. The first-order valence-electron chi connectivity index (χ1n) is 18.8. The molecule has 4 aliphatic rings. The molecule has 4 aliphatic heterocycles. The summed E-state index contributed by atoms with van der Waals surface area (Å²) in [5.41, 5.74) is 4.10. The summed E-state index contributed by atoms with van der Waals surface area (Å²) in [7, 11) is 4.23. The van der Waals surface area contributed by atoms with Gasteiger partial charge in [0.2, 0.25) is 0 Å². The highest BCUT2D eigenvalue weighted by molar-refractivity contribution is 6.28. The van der Waals surface area contributed by atoms with Crippen LogP contribution in [0.25, 0.3) is 21.5 Å². The van der Waals surface area contributed by atoms with Gasteiger partial charge in [0.1, 0.15) is 0 Å². The van der Waals surface area contributed by atoms with Gasteiger partial charge in [-0.3, -0.25) is 39.6 Å². The van der Waals surface area contributed by atoms with Gasteiger partial charge in [0.15, 0.2) is 0 Å². The van der Waals surface area contributed by atoms with Gasteiger partial charge in [0.25, 0.3) is 23.6 Å². The number of nitrogens with zero attached hydrogens (tertiary/aromatic N) is 6. The van der Waals surface area contributed by atoms with Gasteiger partial charge in [0, 0.05) is 108 Å². The maximum absolute atomic E-state index is 14.1. The highest BCUT2D eigenvalue weighted by atomic mass is 16.2. The fourth-order valence-electron chi connectivity index (χ4n) is 8.56. The van der Waals surface area contributed by atoms with E-state index in [0.29, 0.717) is 39.4 Å². The molecule has 4 aromatic rings. The number of rotatable bonds is 9. The average Bonchev–Trinajstić information content (AvgIpc) is 3.16. The summed E-state index contributed by atoms with van der Waals surface area (Å²) >= 11 is 0. The summed E-state index contributed by atoms with van der Waals surface area (Å²) in [5, 5.41) is 10.1. The maximum Gasteiger partial charge on any atom is 0.262 e. The first kappa shape index (κ1) is 35.2. The zero-order chi connectivity index (χ0) is 37.1. The molecular weight excluding hydrogens is 669 g/mol. The second kappa shape index (κ2) is 13.8. The van der Waals surface area contributed by atoms with Gasteiger partial charge in [-0.1, -0.05) is 31.2 Å². The molecule has 0 aromatic heterocycles. The van der Waals surface area contributed by atoms with Crippen LogP contribution in [0, 0.1) is 0 Å². The molecule has 2 atom stereocenters. The van der Waals surface area contributed by atoms with E-state index in [2.05, 4.69) is 44.3 Å². The SMILES string of the molecule is CCC(NC(C)N1C(=O)c2cccc3c(N4CCN(C)CC4)ccc(c23)C1=O)NC(C)N1C(=O)c2cccc3c(N4CCN(C)CC4)ccc(c23)C1=O. The number of carbonyl (C=O) groups excluding carboxylic acids is 4. The molecule has 0 aliphatic carbocycles. The number of nitrogens with one attached hydrogen (secondary N) is 2. The smallest absolute Gasteiger partial charge is 0.262 e. The normalized spacial score (nSPS) is 20.2. The van der Waals surface area contributed by atoms with Crippen molar-refractivity contribution < 1.29 is 19.2 Å². The monoisotopic (exact) mass is 716 g/mol. The van der Waals surface area contributed by atoms with Crippen molar-refractivity contribution >= 4 is 56.5 Å². The highest BCUT2D eigenvalue weighted by Gasteiger charge is 2.40. The largest absolute Gasteiger partial charge is 0.368 e. The molecule has 2 N–H and O–H groups in total. The zero-order valence-corrected chi connectivity index (χ0v) is 31.2. The van der Waals surface area contributed by atoms with Crippen molar-refractivity contribution in [3.63, 3.8) is 0 Å². The fourth-order valence-corrected chi connectivity index (χ4v) is 8.56. The molecule has 276 valence electrons. The number of hydrogen-bond acceptors (Lipinski definition) is 10. The van der Waals surface area contributed by atoms with Crippen molar-refractivity contribution in [1.82, 2.24) is 30.2 Å². The van der Waals surface area contributed by atoms with Crippen molar-refractivity contribution in [3.05, 3.63) is 82.9 Å². The summed E-state index contributed by atoms with van der Waals surface area (Å²) < 4.78 is 0. The van der Waals surface area contributed by atoms with Gasteiger partial charge in [0.05, 0.1) is 18.5 Å². The lowest BCUT2D eigenvalue weighted by atomic mass is 9.92. The van der Waals surface area contributed by atoms with Crippen LogP contribution in [-0.2, 0) is 0 Å². The van der Waals surface area contributed by atoms with Gasteiger partial charge in [-0.05, 0) is 70.8 Å². The van der Waals surface area contributed by atoms with Crippen LogP contribution in [0.1, 0.15) is 68.6 Å². The minimum Gasteiger partial charge on any atom is -0.368 e. The van der Waals surface area contributed by atoms with Crippen molar-refractivity contribution in [1.29, 1.82) is 0 Å². The van der Waals surface area contributed by atoms with E-state index >= 15 is 0 Å². The Balaban J connectivity index is 1.00. The Labute approximate surface area is 310 Å². The Hall–Kier alpha value is -4.88. The van der Waals surface area contributed by atoms with Crippen LogP contribution in [0.5, 0.6) is 0 Å². The van der Waals surface area contributed by atoms with Gasteiger partial charge in [-0.25, -0.2) is 0 Å². The van der Waals surface area contributed by atoms with Gasteiger partial charge < -0.3 is 19.6 Å². The highest BCUT2D eigenvalue weighted by Crippen LogP contribution is 2.38. The average molecular weight is 717 g/mol. The van der Waals surface area contributed by atoms with Crippen LogP contribution in [0.15, 0.2) is 60.7 Å². The molecule has 2 unspecified atom stereocenters. The molecule has 2 fully saturated rings. The van der Waals surface area contributed by atoms with E-state index in [9.17, 15) is 19.2 Å².